The van der Waals surface area contributed by atoms with Crippen molar-refractivity contribution in [3.8, 4) is 0 Å². The van der Waals surface area contributed by atoms with Crippen LogP contribution in [0.25, 0.3) is 11.2 Å². The first kappa shape index (κ1) is 11.3. The lowest BCUT2D eigenvalue weighted by atomic mass is 10.2. The number of hydrogen-bond donors (Lipinski definition) is 2. The first-order valence-corrected chi connectivity index (χ1v) is 5.86. The molecule has 18 heavy (non-hydrogen) atoms. The minimum Gasteiger partial charge on any atom is -0.388 e. The number of anilines is 1. The maximum atomic E-state index is 9.08. The number of aliphatic hydroxyl groups is 1. The van der Waals surface area contributed by atoms with Gasteiger partial charge in [-0.2, -0.15) is 0 Å². The van der Waals surface area contributed by atoms with Crippen LogP contribution in [0.3, 0.4) is 0 Å². The minimum atomic E-state index is -0.259. The smallest absolute Gasteiger partial charge is 0.184 e. The number of aromatic nitrogens is 5. The summed E-state index contributed by atoms with van der Waals surface area (Å²) in [5, 5.41) is 17.1. The number of rotatable bonds is 3. The van der Waals surface area contributed by atoms with Crippen LogP contribution in [0.2, 0.25) is 0 Å². The van der Waals surface area contributed by atoms with Crippen LogP contribution in [0.5, 0.6) is 0 Å². The first-order chi connectivity index (χ1) is 8.78. The van der Waals surface area contributed by atoms with E-state index < -0.39 is 0 Å². The van der Waals surface area contributed by atoms with Gasteiger partial charge in [-0.15, -0.1) is 5.10 Å². The van der Waals surface area contributed by atoms with E-state index in [1.54, 1.807) is 4.68 Å². The second-order valence-electron chi connectivity index (χ2n) is 4.26. The van der Waals surface area contributed by atoms with Crippen molar-refractivity contribution >= 4 is 17.0 Å². The largest absolute Gasteiger partial charge is 0.388 e. The van der Waals surface area contributed by atoms with Gasteiger partial charge in [0.05, 0.1) is 12.6 Å². The molecule has 3 N–H and O–H groups in total. The molecule has 1 aliphatic rings. The van der Waals surface area contributed by atoms with Crippen LogP contribution < -0.4 is 5.73 Å². The van der Waals surface area contributed by atoms with Crippen molar-refractivity contribution in [2.75, 3.05) is 12.3 Å². The van der Waals surface area contributed by atoms with Gasteiger partial charge in [-0.1, -0.05) is 5.21 Å². The molecule has 3 heterocycles. The molecule has 1 atom stereocenters. The lowest BCUT2D eigenvalue weighted by molar-refractivity contribution is 0.0944. The molecule has 0 amide bonds. The van der Waals surface area contributed by atoms with E-state index in [9.17, 15) is 0 Å². The quantitative estimate of drug-likeness (QED) is 0.753. The molecule has 0 aromatic carbocycles. The zero-order valence-electron chi connectivity index (χ0n) is 9.78. The highest BCUT2D eigenvalue weighted by atomic mass is 16.5. The predicted molar refractivity (Wildman–Crippen MR) is 62.4 cm³/mol. The molecule has 0 unspecified atom stereocenters. The average Bonchev–Trinajstić information content (AvgIpc) is 3.00. The van der Waals surface area contributed by atoms with Gasteiger partial charge in [0.25, 0.3) is 0 Å². The molecule has 96 valence electrons. The molecule has 2 aromatic heterocycles. The zero-order valence-corrected chi connectivity index (χ0v) is 9.78. The molecular formula is C10H14N6O2. The van der Waals surface area contributed by atoms with E-state index in [0.717, 1.165) is 19.4 Å². The van der Waals surface area contributed by atoms with Gasteiger partial charge in [-0.3, -0.25) is 0 Å². The molecule has 0 saturated carbocycles. The van der Waals surface area contributed by atoms with Gasteiger partial charge in [-0.25, -0.2) is 14.6 Å². The monoisotopic (exact) mass is 250 g/mol. The Hall–Kier alpha value is -1.80. The van der Waals surface area contributed by atoms with Crippen LogP contribution in [-0.4, -0.2) is 42.8 Å². The Morgan fingerprint density at radius 1 is 1.44 bits per heavy atom. The fraction of sp³-hybridized carbons (Fsp3) is 0.600. The molecule has 0 radical (unpaired) electrons. The zero-order chi connectivity index (χ0) is 12.5. The molecule has 2 aromatic rings. The number of aliphatic hydroxyl groups excluding tert-OH is 1. The van der Waals surface area contributed by atoms with Crippen molar-refractivity contribution in [2.45, 2.75) is 32.1 Å². The van der Waals surface area contributed by atoms with E-state index in [4.69, 9.17) is 15.6 Å². The van der Waals surface area contributed by atoms with Crippen molar-refractivity contribution in [3.63, 3.8) is 0 Å². The van der Waals surface area contributed by atoms with E-state index in [0.29, 0.717) is 17.7 Å². The fourth-order valence-electron chi connectivity index (χ4n) is 2.10. The summed E-state index contributed by atoms with van der Waals surface area (Å²) in [6.07, 6.45) is 2.22. The number of ether oxygens (including phenoxy) is 1. The van der Waals surface area contributed by atoms with Gasteiger partial charge >= 0.3 is 0 Å². The highest BCUT2D eigenvalue weighted by Crippen LogP contribution is 2.18. The molecular weight excluding hydrogens is 236 g/mol. The molecule has 8 nitrogen and oxygen atoms in total. The van der Waals surface area contributed by atoms with E-state index in [1.807, 2.05) is 0 Å². The van der Waals surface area contributed by atoms with Gasteiger partial charge < -0.3 is 15.6 Å². The van der Waals surface area contributed by atoms with Crippen LogP contribution >= 0.6 is 0 Å². The normalized spacial score (nSPS) is 19.7. The summed E-state index contributed by atoms with van der Waals surface area (Å²) >= 11 is 0. The Bertz CT molecular complexity index is 563. The highest BCUT2D eigenvalue weighted by Gasteiger charge is 2.19. The standard InChI is InChI=1S/C10H14N6O2/c11-9-8-10(13-7(5-17)12-9)16(15-14-8)4-6-2-1-3-18-6/h6,17H,1-5H2,(H2,11,12,13)/t6-/m0/s1. The second-order valence-corrected chi connectivity index (χ2v) is 4.26. The minimum absolute atomic E-state index is 0.142. The third-order valence-corrected chi connectivity index (χ3v) is 2.98. The summed E-state index contributed by atoms with van der Waals surface area (Å²) < 4.78 is 7.20. The van der Waals surface area contributed by atoms with Crippen LogP contribution in [0.15, 0.2) is 0 Å². The lowest BCUT2D eigenvalue weighted by Crippen LogP contribution is -2.16. The number of nitrogen functional groups attached to an aromatic ring is 1. The number of fused-ring (bicyclic) bond motifs is 1. The van der Waals surface area contributed by atoms with Crippen molar-refractivity contribution in [1.29, 1.82) is 0 Å². The fourth-order valence-corrected chi connectivity index (χ4v) is 2.10. The summed E-state index contributed by atoms with van der Waals surface area (Å²) in [6.45, 7) is 1.12. The molecule has 0 bridgehead atoms. The van der Waals surface area contributed by atoms with E-state index in [-0.39, 0.29) is 24.4 Å². The summed E-state index contributed by atoms with van der Waals surface area (Å²) in [6, 6.07) is 0. The molecule has 8 heteroatoms. The van der Waals surface area contributed by atoms with Crippen molar-refractivity contribution < 1.29 is 9.84 Å². The number of nitrogens with zero attached hydrogens (tertiary/aromatic N) is 5. The summed E-state index contributed by atoms with van der Waals surface area (Å²) in [7, 11) is 0. The number of hydrogen-bond acceptors (Lipinski definition) is 7. The SMILES string of the molecule is Nc1nc(CO)nc2c1nnn2C[C@@H]1CCCO1. The Balaban J connectivity index is 1.98. The Morgan fingerprint density at radius 3 is 3.06 bits per heavy atom. The van der Waals surface area contributed by atoms with Crippen LogP contribution in [0.1, 0.15) is 18.7 Å². The molecule has 0 spiro atoms. The van der Waals surface area contributed by atoms with Gasteiger partial charge in [0, 0.05) is 6.61 Å². The van der Waals surface area contributed by atoms with E-state index >= 15 is 0 Å². The van der Waals surface area contributed by atoms with Gasteiger partial charge in [0.1, 0.15) is 6.61 Å². The third kappa shape index (κ3) is 1.89. The summed E-state index contributed by atoms with van der Waals surface area (Å²) in [5.41, 5.74) is 6.75. The summed E-state index contributed by atoms with van der Waals surface area (Å²) in [5.74, 6) is 0.513. The Morgan fingerprint density at radius 2 is 2.33 bits per heavy atom. The summed E-state index contributed by atoms with van der Waals surface area (Å²) in [4.78, 5) is 8.13. The molecule has 1 fully saturated rings. The maximum Gasteiger partial charge on any atom is 0.184 e. The van der Waals surface area contributed by atoms with Gasteiger partial charge in [-0.05, 0) is 12.8 Å². The Kier molecular flexibility index (Phi) is 2.80. The molecule has 1 saturated heterocycles. The molecule has 1 aliphatic heterocycles. The van der Waals surface area contributed by atoms with Crippen molar-refractivity contribution in [3.05, 3.63) is 5.82 Å². The van der Waals surface area contributed by atoms with Gasteiger partial charge in [0.15, 0.2) is 22.8 Å². The van der Waals surface area contributed by atoms with E-state index in [2.05, 4.69) is 20.3 Å². The predicted octanol–water partition coefficient (Wildman–Crippen LogP) is -0.525. The topological polar surface area (TPSA) is 112 Å². The van der Waals surface area contributed by atoms with Crippen LogP contribution in [0, 0.1) is 0 Å². The van der Waals surface area contributed by atoms with Crippen molar-refractivity contribution in [2.24, 2.45) is 0 Å². The van der Waals surface area contributed by atoms with E-state index in [1.165, 1.54) is 0 Å². The Labute approximate surface area is 103 Å². The highest BCUT2D eigenvalue weighted by molar-refractivity contribution is 5.80. The number of nitrogens with two attached hydrogens (primary N) is 1. The second kappa shape index (κ2) is 4.46. The average molecular weight is 250 g/mol. The lowest BCUT2D eigenvalue weighted by Gasteiger charge is -2.09. The van der Waals surface area contributed by atoms with Crippen LogP contribution in [-0.2, 0) is 17.9 Å². The first-order valence-electron chi connectivity index (χ1n) is 5.86. The third-order valence-electron chi connectivity index (χ3n) is 2.98. The van der Waals surface area contributed by atoms with Crippen molar-refractivity contribution in [1.82, 2.24) is 25.0 Å². The molecule has 3 rings (SSSR count). The maximum absolute atomic E-state index is 9.08. The van der Waals surface area contributed by atoms with Gasteiger partial charge in [0.2, 0.25) is 0 Å². The molecule has 0 aliphatic carbocycles. The van der Waals surface area contributed by atoms with Crippen LogP contribution in [0.4, 0.5) is 5.82 Å².